The number of aryl methyl sites for hydroxylation is 2. The summed E-state index contributed by atoms with van der Waals surface area (Å²) in [5, 5.41) is 4.09. The van der Waals surface area contributed by atoms with Crippen molar-refractivity contribution in [3.8, 4) is 17.0 Å². The van der Waals surface area contributed by atoms with E-state index in [1.54, 1.807) is 13.8 Å². The third kappa shape index (κ3) is 7.67. The lowest BCUT2D eigenvalue weighted by Crippen LogP contribution is -2.17. The van der Waals surface area contributed by atoms with Gasteiger partial charge in [-0.3, -0.25) is 4.68 Å². The quantitative estimate of drug-likeness (QED) is 0.293. The Morgan fingerprint density at radius 3 is 2.29 bits per heavy atom. The third-order valence-electron chi connectivity index (χ3n) is 5.83. The molecule has 2 aliphatic rings. The molecule has 0 spiro atoms. The van der Waals surface area contributed by atoms with Crippen molar-refractivity contribution in [3.05, 3.63) is 60.2 Å². The Morgan fingerprint density at radius 2 is 1.74 bits per heavy atom. The van der Waals surface area contributed by atoms with Crippen LogP contribution in [0.1, 0.15) is 49.5 Å². The molecule has 0 atom stereocenters. The number of ether oxygens (including phenoxy) is 2. The van der Waals surface area contributed by atoms with Crippen LogP contribution >= 0.6 is 0 Å². The van der Waals surface area contributed by atoms with Gasteiger partial charge >= 0.3 is 6.36 Å². The molecular weight excluding hydrogens is 504 g/mol. The highest BCUT2D eigenvalue weighted by atomic mass is 19.4. The van der Waals surface area contributed by atoms with Crippen molar-refractivity contribution in [1.29, 1.82) is 0 Å². The van der Waals surface area contributed by atoms with Gasteiger partial charge in [0.15, 0.2) is 5.65 Å². The fourth-order valence-electron chi connectivity index (χ4n) is 3.65. The summed E-state index contributed by atoms with van der Waals surface area (Å²) in [6, 6.07) is 5.51. The van der Waals surface area contributed by atoms with Crippen LogP contribution in [-0.2, 0) is 4.74 Å². The Labute approximate surface area is 217 Å². The predicted molar refractivity (Wildman–Crippen MR) is 132 cm³/mol. The summed E-state index contributed by atoms with van der Waals surface area (Å²) in [6.07, 6.45) is 6.73. The summed E-state index contributed by atoms with van der Waals surface area (Å²) in [5.41, 5.74) is 1.96. The number of fused-ring (bicyclic) bond motifs is 1. The minimum absolute atomic E-state index is 0.0190. The number of nitrogens with zero attached hydrogens (tertiary/aromatic N) is 6. The third-order valence-corrected chi connectivity index (χ3v) is 5.83. The molecule has 12 heteroatoms. The normalized spacial score (nSPS) is 15.2. The van der Waals surface area contributed by atoms with Crippen LogP contribution in [0.5, 0.6) is 5.75 Å². The number of rotatable bonds is 3. The van der Waals surface area contributed by atoms with E-state index in [2.05, 4.69) is 29.8 Å². The second-order valence-corrected chi connectivity index (χ2v) is 8.87. The van der Waals surface area contributed by atoms with E-state index < -0.39 is 17.9 Å². The molecule has 0 unspecified atom stereocenters. The molecule has 4 aromatic rings. The SMILES string of the molecule is C1CCOCC1.Cc1nc2ncnc(-c3ccc(OC(F)(F)F)cc3F)c2nc1C.c1cnn(C2CC2)c1. The van der Waals surface area contributed by atoms with Gasteiger partial charge in [-0.25, -0.2) is 24.3 Å². The molecule has 1 aliphatic heterocycles. The first-order valence-corrected chi connectivity index (χ1v) is 12.3. The van der Waals surface area contributed by atoms with Crippen molar-refractivity contribution in [1.82, 2.24) is 29.7 Å². The average Bonchev–Trinajstić information content (AvgIpc) is 3.59. The molecule has 0 amide bonds. The van der Waals surface area contributed by atoms with Crippen molar-refractivity contribution in [2.75, 3.05) is 13.2 Å². The van der Waals surface area contributed by atoms with Crippen molar-refractivity contribution in [2.45, 2.75) is 58.4 Å². The molecule has 4 heterocycles. The zero-order valence-electron chi connectivity index (χ0n) is 21.1. The van der Waals surface area contributed by atoms with E-state index in [0.717, 1.165) is 31.4 Å². The average molecular weight is 533 g/mol. The molecule has 3 aromatic heterocycles. The molecule has 38 heavy (non-hydrogen) atoms. The fraction of sp³-hybridized carbons (Fsp3) is 0.423. The van der Waals surface area contributed by atoms with E-state index >= 15 is 0 Å². The van der Waals surface area contributed by atoms with Crippen LogP contribution in [0.2, 0.25) is 0 Å². The maximum Gasteiger partial charge on any atom is 0.573 e. The number of aromatic nitrogens is 6. The van der Waals surface area contributed by atoms with E-state index in [1.165, 1.54) is 38.4 Å². The first-order chi connectivity index (χ1) is 18.2. The van der Waals surface area contributed by atoms with Gasteiger partial charge in [-0.15, -0.1) is 13.2 Å². The first kappa shape index (κ1) is 27.4. The zero-order valence-corrected chi connectivity index (χ0v) is 21.1. The van der Waals surface area contributed by atoms with Crippen LogP contribution < -0.4 is 4.74 Å². The van der Waals surface area contributed by atoms with E-state index in [-0.39, 0.29) is 22.4 Å². The Balaban J connectivity index is 0.000000192. The summed E-state index contributed by atoms with van der Waals surface area (Å²) < 4.78 is 61.7. The molecule has 0 radical (unpaired) electrons. The molecule has 1 aromatic carbocycles. The van der Waals surface area contributed by atoms with Gasteiger partial charge in [0.05, 0.1) is 17.4 Å². The van der Waals surface area contributed by atoms with Gasteiger partial charge in [0.25, 0.3) is 0 Å². The number of hydrogen-bond acceptors (Lipinski definition) is 7. The Morgan fingerprint density at radius 1 is 1.00 bits per heavy atom. The van der Waals surface area contributed by atoms with E-state index in [9.17, 15) is 17.6 Å². The molecular formula is C26H28F4N6O2. The maximum absolute atomic E-state index is 14.3. The van der Waals surface area contributed by atoms with Gasteiger partial charge < -0.3 is 9.47 Å². The Bertz CT molecular complexity index is 1330. The standard InChI is InChI=1S/C15H10F4N4O.C6H8N2.C5H10O/c1-7-8(2)23-14-13(22-7)12(20-6-21-14)10-4-3-9(5-11(10)16)24-15(17,18)19;1-4-7-8(5-1)6-2-3-6;1-2-4-6-5-3-1/h3-6H,1-2H3;1,4-6H,2-3H2;1-5H2. The van der Waals surface area contributed by atoms with Crippen LogP contribution in [0.3, 0.4) is 0 Å². The number of halogens is 4. The molecule has 0 bridgehead atoms. The van der Waals surface area contributed by atoms with Crippen molar-refractivity contribution in [2.24, 2.45) is 0 Å². The Kier molecular flexibility index (Phi) is 8.82. The van der Waals surface area contributed by atoms with E-state index in [1.807, 2.05) is 23.1 Å². The van der Waals surface area contributed by atoms with E-state index in [4.69, 9.17) is 4.74 Å². The zero-order chi connectivity index (χ0) is 27.1. The Hall–Kier alpha value is -3.67. The van der Waals surface area contributed by atoms with Crippen molar-refractivity contribution >= 4 is 11.2 Å². The lowest BCUT2D eigenvalue weighted by Gasteiger charge is -2.11. The smallest absolute Gasteiger partial charge is 0.406 e. The van der Waals surface area contributed by atoms with Crippen molar-refractivity contribution in [3.63, 3.8) is 0 Å². The van der Waals surface area contributed by atoms with Gasteiger partial charge in [-0.05, 0) is 64.2 Å². The highest BCUT2D eigenvalue weighted by Gasteiger charge is 2.31. The molecule has 0 N–H and O–H groups in total. The summed E-state index contributed by atoms with van der Waals surface area (Å²) in [4.78, 5) is 16.5. The highest BCUT2D eigenvalue weighted by molar-refractivity contribution is 5.86. The molecule has 8 nitrogen and oxygen atoms in total. The number of hydrogen-bond donors (Lipinski definition) is 0. The van der Waals surface area contributed by atoms with Crippen molar-refractivity contribution < 1.29 is 27.0 Å². The van der Waals surface area contributed by atoms with Crippen LogP contribution in [-0.4, -0.2) is 49.3 Å². The maximum atomic E-state index is 14.3. The minimum atomic E-state index is -4.89. The van der Waals surface area contributed by atoms with Gasteiger partial charge in [0.1, 0.15) is 29.1 Å². The van der Waals surface area contributed by atoms with Crippen LogP contribution in [0.15, 0.2) is 43.0 Å². The predicted octanol–water partition coefficient (Wildman–Crippen LogP) is 6.15. The molecule has 202 valence electrons. The second-order valence-electron chi connectivity index (χ2n) is 8.87. The van der Waals surface area contributed by atoms with Gasteiger partial charge in [-0.1, -0.05) is 0 Å². The lowest BCUT2D eigenvalue weighted by atomic mass is 10.1. The topological polar surface area (TPSA) is 87.8 Å². The summed E-state index contributed by atoms with van der Waals surface area (Å²) in [7, 11) is 0. The van der Waals surface area contributed by atoms with E-state index in [0.29, 0.717) is 17.5 Å². The van der Waals surface area contributed by atoms with Gasteiger partial charge in [0, 0.05) is 37.2 Å². The minimum Gasteiger partial charge on any atom is -0.406 e. The number of benzene rings is 1. The van der Waals surface area contributed by atoms with Crippen LogP contribution in [0, 0.1) is 19.7 Å². The first-order valence-electron chi connectivity index (χ1n) is 12.3. The molecule has 1 aliphatic carbocycles. The monoisotopic (exact) mass is 532 g/mol. The largest absolute Gasteiger partial charge is 0.573 e. The summed E-state index contributed by atoms with van der Waals surface area (Å²) in [6.45, 7) is 5.49. The van der Waals surface area contributed by atoms with Crippen LogP contribution in [0.4, 0.5) is 17.6 Å². The summed E-state index contributed by atoms with van der Waals surface area (Å²) in [5.74, 6) is -1.57. The lowest BCUT2D eigenvalue weighted by molar-refractivity contribution is -0.274. The highest BCUT2D eigenvalue weighted by Crippen LogP contribution is 2.33. The van der Waals surface area contributed by atoms with Gasteiger partial charge in [-0.2, -0.15) is 5.10 Å². The van der Waals surface area contributed by atoms with Gasteiger partial charge in [0.2, 0.25) is 0 Å². The summed E-state index contributed by atoms with van der Waals surface area (Å²) >= 11 is 0. The molecule has 1 saturated heterocycles. The molecule has 6 rings (SSSR count). The molecule has 2 fully saturated rings. The number of alkyl halides is 3. The molecule has 1 saturated carbocycles. The fourth-order valence-corrected chi connectivity index (χ4v) is 3.65. The van der Waals surface area contributed by atoms with Crippen LogP contribution in [0.25, 0.3) is 22.4 Å². The second kappa shape index (κ2) is 12.2.